The average molecular weight is 380 g/mol. The van der Waals surface area contributed by atoms with Gasteiger partial charge in [-0.05, 0) is 48.1 Å². The van der Waals surface area contributed by atoms with Crippen LogP contribution in [0.2, 0.25) is 0 Å². The van der Waals surface area contributed by atoms with Crippen LogP contribution in [-0.4, -0.2) is 26.4 Å². The Morgan fingerprint density at radius 1 is 1.00 bits per heavy atom. The van der Waals surface area contributed by atoms with Gasteiger partial charge in [0.2, 0.25) is 16.9 Å². The highest BCUT2D eigenvalue weighted by molar-refractivity contribution is 5.95. The monoisotopic (exact) mass is 380 g/mol. The molecule has 1 aliphatic heterocycles. The summed E-state index contributed by atoms with van der Waals surface area (Å²) in [6.07, 6.45) is 4.62. The lowest BCUT2D eigenvalue weighted by atomic mass is 9.75. The molecule has 2 bridgehead atoms. The molecule has 4 N–H and O–H groups in total. The first-order valence-corrected chi connectivity index (χ1v) is 8.93. The van der Waals surface area contributed by atoms with E-state index in [1.807, 2.05) is 12.2 Å². The second kappa shape index (κ2) is 5.51. The Balaban J connectivity index is 1.93. The lowest BCUT2D eigenvalue weighted by molar-refractivity contribution is -0.143. The number of hydrogen-bond donors (Lipinski definition) is 4. The molecule has 1 aromatic carbocycles. The van der Waals surface area contributed by atoms with Crippen LogP contribution in [0, 0.1) is 17.8 Å². The summed E-state index contributed by atoms with van der Waals surface area (Å²) >= 11 is 0. The molecule has 0 unspecified atom stereocenters. The molecule has 1 fully saturated rings. The van der Waals surface area contributed by atoms with E-state index >= 15 is 0 Å². The summed E-state index contributed by atoms with van der Waals surface area (Å²) in [4.78, 5) is 24.0. The Labute approximate surface area is 158 Å². The molecule has 1 heterocycles. The first-order chi connectivity index (χ1) is 13.4. The number of benzene rings is 2. The van der Waals surface area contributed by atoms with Crippen LogP contribution in [0.3, 0.4) is 0 Å². The standard InChI is InChI=1S/C21H16O7/c22-12-5-3-10-16(14-8-1-2-9(7-8)15(14)21(26)27)11-4-6-13(23)18(25)20(11)28-19(10)17(12)24/h1-6,8-9,14-15,22,24-25H,7H2,(H,26,27)/t8-,9-,14-,15+/m0/s1. The van der Waals surface area contributed by atoms with Crippen molar-refractivity contribution >= 4 is 16.9 Å². The Morgan fingerprint density at radius 3 is 2.50 bits per heavy atom. The molecule has 4 aliphatic rings. The van der Waals surface area contributed by atoms with E-state index in [1.54, 1.807) is 6.07 Å². The number of carboxylic acids is 1. The Bertz CT molecular complexity index is 1210. The highest BCUT2D eigenvalue weighted by Crippen LogP contribution is 2.57. The number of phenolic OH excluding ortho intramolecular Hbond substituents is 3. The Kier molecular flexibility index (Phi) is 3.28. The fourth-order valence-electron chi connectivity index (χ4n) is 4.90. The van der Waals surface area contributed by atoms with Crippen molar-refractivity contribution in [1.29, 1.82) is 0 Å². The lowest BCUT2D eigenvalue weighted by Gasteiger charge is -2.29. The minimum atomic E-state index is -0.920. The largest absolute Gasteiger partial charge is 0.504 e. The van der Waals surface area contributed by atoms with E-state index in [2.05, 4.69) is 0 Å². The molecule has 0 amide bonds. The quantitative estimate of drug-likeness (QED) is 0.306. The number of aromatic hydroxyl groups is 3. The van der Waals surface area contributed by atoms with Crippen molar-refractivity contribution in [1.82, 2.24) is 0 Å². The number of carboxylic acid groups (broad SMARTS) is 1. The van der Waals surface area contributed by atoms with Crippen LogP contribution in [0.4, 0.5) is 0 Å². The molecule has 3 aliphatic carbocycles. The van der Waals surface area contributed by atoms with Gasteiger partial charge in [-0.1, -0.05) is 12.2 Å². The maximum absolute atomic E-state index is 12.0. The zero-order chi connectivity index (χ0) is 19.7. The van der Waals surface area contributed by atoms with Gasteiger partial charge in [0, 0.05) is 16.9 Å². The summed E-state index contributed by atoms with van der Waals surface area (Å²) < 4.78 is 5.62. The number of allylic oxidation sites excluding steroid dienone is 2. The molecule has 0 spiro atoms. The van der Waals surface area contributed by atoms with E-state index in [9.17, 15) is 30.0 Å². The molecule has 7 nitrogen and oxygen atoms in total. The number of rotatable bonds is 2. The molecule has 7 heteroatoms. The highest BCUT2D eigenvalue weighted by Gasteiger charge is 2.50. The fraction of sp³-hybridized carbons (Fsp3) is 0.238. The summed E-state index contributed by atoms with van der Waals surface area (Å²) in [5.74, 6) is -3.83. The molecule has 0 aromatic heterocycles. The van der Waals surface area contributed by atoms with Crippen LogP contribution >= 0.6 is 0 Å². The lowest BCUT2D eigenvalue weighted by Crippen LogP contribution is -2.26. The predicted molar refractivity (Wildman–Crippen MR) is 98.7 cm³/mol. The summed E-state index contributed by atoms with van der Waals surface area (Å²) in [7, 11) is 0. The van der Waals surface area contributed by atoms with E-state index in [-0.39, 0.29) is 23.2 Å². The van der Waals surface area contributed by atoms with Crippen LogP contribution in [0.1, 0.15) is 17.9 Å². The highest BCUT2D eigenvalue weighted by atomic mass is 16.4. The van der Waals surface area contributed by atoms with Crippen molar-refractivity contribution in [3.05, 3.63) is 52.2 Å². The van der Waals surface area contributed by atoms with Gasteiger partial charge >= 0.3 is 5.97 Å². The van der Waals surface area contributed by atoms with Gasteiger partial charge in [-0.25, -0.2) is 0 Å². The second-order valence-corrected chi connectivity index (χ2v) is 7.45. The van der Waals surface area contributed by atoms with E-state index in [0.717, 1.165) is 0 Å². The molecule has 0 radical (unpaired) electrons. The van der Waals surface area contributed by atoms with Crippen LogP contribution < -0.4 is 5.43 Å². The number of fused-ring (bicyclic) bond motifs is 4. The van der Waals surface area contributed by atoms with Gasteiger partial charge in [-0.2, -0.15) is 0 Å². The van der Waals surface area contributed by atoms with Gasteiger partial charge in [0.25, 0.3) is 0 Å². The molecule has 142 valence electrons. The van der Waals surface area contributed by atoms with Gasteiger partial charge in [0.1, 0.15) is 0 Å². The van der Waals surface area contributed by atoms with E-state index < -0.39 is 40.5 Å². The maximum Gasteiger partial charge on any atom is 0.307 e. The Hall–Kier alpha value is -3.48. The van der Waals surface area contributed by atoms with Crippen LogP contribution in [-0.2, 0) is 4.79 Å². The number of phenols is 3. The van der Waals surface area contributed by atoms with E-state index in [1.165, 1.54) is 18.2 Å². The molecule has 0 saturated heterocycles. The van der Waals surface area contributed by atoms with Crippen molar-refractivity contribution in [3.63, 3.8) is 0 Å². The summed E-state index contributed by atoms with van der Waals surface area (Å²) in [5, 5.41) is 40.8. The minimum absolute atomic E-state index is 0.0232. The average Bonchev–Trinajstić information content (AvgIpc) is 3.28. The molecule has 1 aromatic rings. The zero-order valence-electron chi connectivity index (χ0n) is 14.5. The van der Waals surface area contributed by atoms with Crippen LogP contribution in [0.15, 0.2) is 45.6 Å². The molecular formula is C21H16O7. The first-order valence-electron chi connectivity index (χ1n) is 8.93. The zero-order valence-corrected chi connectivity index (χ0v) is 14.5. The van der Waals surface area contributed by atoms with Gasteiger partial charge in [0.05, 0.1) is 5.92 Å². The van der Waals surface area contributed by atoms with Crippen molar-refractivity contribution in [3.8, 4) is 28.6 Å². The third-order valence-electron chi connectivity index (χ3n) is 6.07. The van der Waals surface area contributed by atoms with Crippen molar-refractivity contribution < 1.29 is 29.6 Å². The summed E-state index contributed by atoms with van der Waals surface area (Å²) in [5.41, 5.74) is 0.265. The maximum atomic E-state index is 12.0. The molecule has 4 atom stereocenters. The third kappa shape index (κ3) is 2.04. The van der Waals surface area contributed by atoms with Gasteiger partial charge < -0.3 is 24.8 Å². The SMILES string of the molecule is O=C(O)[C@H]1[C@@H](c2c3ccc(=O)c(O)c-3oc3c(O)c(O)ccc23)[C@H]2C=C[C@H]1C2. The number of hydrogen-bond acceptors (Lipinski definition) is 6. The normalized spacial score (nSPS) is 25.7. The van der Waals surface area contributed by atoms with Gasteiger partial charge in [-0.3, -0.25) is 9.59 Å². The van der Waals surface area contributed by atoms with E-state index in [0.29, 0.717) is 22.9 Å². The van der Waals surface area contributed by atoms with Crippen molar-refractivity contribution in [2.75, 3.05) is 0 Å². The smallest absolute Gasteiger partial charge is 0.307 e. The number of aliphatic carboxylic acids is 1. The van der Waals surface area contributed by atoms with Crippen molar-refractivity contribution in [2.24, 2.45) is 17.8 Å². The fourth-order valence-corrected chi connectivity index (χ4v) is 4.90. The Morgan fingerprint density at radius 2 is 1.75 bits per heavy atom. The van der Waals surface area contributed by atoms with Gasteiger partial charge in [-0.15, -0.1) is 0 Å². The molecule has 28 heavy (non-hydrogen) atoms. The summed E-state index contributed by atoms with van der Waals surface area (Å²) in [6.45, 7) is 0. The van der Waals surface area contributed by atoms with Crippen LogP contribution in [0.25, 0.3) is 22.3 Å². The van der Waals surface area contributed by atoms with E-state index in [4.69, 9.17) is 4.42 Å². The molecule has 1 saturated carbocycles. The van der Waals surface area contributed by atoms with Crippen molar-refractivity contribution in [2.45, 2.75) is 12.3 Å². The van der Waals surface area contributed by atoms with Gasteiger partial charge in [0.15, 0.2) is 17.1 Å². The van der Waals surface area contributed by atoms with Crippen LogP contribution in [0.5, 0.6) is 17.2 Å². The summed E-state index contributed by atoms with van der Waals surface area (Å²) in [6, 6.07) is 5.58. The minimum Gasteiger partial charge on any atom is -0.504 e. The second-order valence-electron chi connectivity index (χ2n) is 7.45. The first kappa shape index (κ1) is 16.7. The topological polar surface area (TPSA) is 128 Å². The molecular weight excluding hydrogens is 364 g/mol. The predicted octanol–water partition coefficient (Wildman–Crippen LogP) is 3.00. The third-order valence-corrected chi connectivity index (χ3v) is 6.07. The number of carbonyl (C=O) groups is 1. The molecule has 5 rings (SSSR count).